The van der Waals surface area contributed by atoms with Gasteiger partial charge in [-0.1, -0.05) is 6.07 Å². The Morgan fingerprint density at radius 2 is 1.55 bits per heavy atom. The Kier molecular flexibility index (Phi) is 7.36. The summed E-state index contributed by atoms with van der Waals surface area (Å²) in [5.41, 5.74) is -6.32. The number of hydrogen-bond acceptors (Lipinski definition) is 7. The lowest BCUT2D eigenvalue weighted by molar-refractivity contribution is -0.0500. The normalized spacial score (nSPS) is 12.2. The average molecular weight is 495 g/mol. The van der Waals surface area contributed by atoms with Crippen LogP contribution in [0.1, 0.15) is 20.8 Å². The van der Waals surface area contributed by atoms with Gasteiger partial charge >= 0.3 is 21.7 Å². The zero-order chi connectivity index (χ0) is 25.2. The van der Waals surface area contributed by atoms with Crippen molar-refractivity contribution >= 4 is 21.9 Å². The number of amides is 1. The minimum atomic E-state index is -5.97. The molecule has 8 nitrogen and oxygen atoms in total. The molecule has 0 unspecified atom stereocenters. The smallest absolute Gasteiger partial charge is 0.496 e. The van der Waals surface area contributed by atoms with Crippen LogP contribution in [0.3, 0.4) is 0 Å². The summed E-state index contributed by atoms with van der Waals surface area (Å²) in [7, 11) is -3.73. The van der Waals surface area contributed by atoms with Gasteiger partial charge in [0.25, 0.3) is 0 Å². The Hall–Kier alpha value is -3.22. The summed E-state index contributed by atoms with van der Waals surface area (Å²) in [6.07, 6.45) is -0.874. The molecule has 2 rings (SSSR count). The second-order valence-corrected chi connectivity index (χ2v) is 9.05. The van der Waals surface area contributed by atoms with Gasteiger partial charge < -0.3 is 18.4 Å². The third-order valence-electron chi connectivity index (χ3n) is 3.88. The molecule has 33 heavy (non-hydrogen) atoms. The van der Waals surface area contributed by atoms with Gasteiger partial charge in [0.2, 0.25) is 0 Å². The number of rotatable bonds is 6. The molecule has 0 aliphatic carbocycles. The second kappa shape index (κ2) is 9.33. The first-order chi connectivity index (χ1) is 15.1. The number of alkyl halides is 3. The van der Waals surface area contributed by atoms with Crippen molar-refractivity contribution in [2.24, 2.45) is 0 Å². The highest BCUT2D eigenvalue weighted by Crippen LogP contribution is 2.42. The summed E-state index contributed by atoms with van der Waals surface area (Å²) in [6, 6.07) is 5.63. The number of nitrogens with one attached hydrogen (secondary N) is 1. The van der Waals surface area contributed by atoms with Crippen LogP contribution in [-0.4, -0.2) is 39.8 Å². The number of anilines is 1. The molecular formula is C20H21F4NO7S. The third-order valence-corrected chi connectivity index (χ3v) is 4.85. The van der Waals surface area contributed by atoms with Gasteiger partial charge in [-0.2, -0.15) is 21.6 Å². The lowest BCUT2D eigenvalue weighted by Crippen LogP contribution is -2.28. The van der Waals surface area contributed by atoms with E-state index in [4.69, 9.17) is 14.2 Å². The Labute approximate surface area is 187 Å². The first kappa shape index (κ1) is 26.0. The number of ether oxygens (including phenoxy) is 3. The van der Waals surface area contributed by atoms with Gasteiger partial charge in [-0.05, 0) is 44.5 Å². The van der Waals surface area contributed by atoms with Crippen molar-refractivity contribution in [3.63, 3.8) is 0 Å². The molecule has 1 amide bonds. The van der Waals surface area contributed by atoms with E-state index in [1.54, 1.807) is 20.8 Å². The predicted molar refractivity (Wildman–Crippen MR) is 110 cm³/mol. The molecular weight excluding hydrogens is 474 g/mol. The maximum Gasteiger partial charge on any atom is 0.534 e. The molecule has 2 aromatic rings. The van der Waals surface area contributed by atoms with E-state index in [9.17, 15) is 30.8 Å². The predicted octanol–water partition coefficient (Wildman–Crippen LogP) is 5.09. The molecule has 182 valence electrons. The van der Waals surface area contributed by atoms with Crippen molar-refractivity contribution in [2.45, 2.75) is 31.9 Å². The molecule has 0 saturated carbocycles. The van der Waals surface area contributed by atoms with Gasteiger partial charge in [0.15, 0.2) is 11.5 Å². The highest BCUT2D eigenvalue weighted by atomic mass is 32.2. The first-order valence-corrected chi connectivity index (χ1v) is 10.6. The number of methoxy groups -OCH3 is 2. The fourth-order valence-electron chi connectivity index (χ4n) is 2.52. The van der Waals surface area contributed by atoms with Crippen LogP contribution in [0.5, 0.6) is 17.2 Å². The van der Waals surface area contributed by atoms with Crippen molar-refractivity contribution in [3.8, 4) is 28.4 Å². The molecule has 0 aliphatic rings. The van der Waals surface area contributed by atoms with Gasteiger partial charge in [0, 0.05) is 11.6 Å². The molecule has 0 fully saturated rings. The number of carbonyl (C=O) groups excluding carboxylic acids is 1. The van der Waals surface area contributed by atoms with E-state index >= 15 is 0 Å². The Balaban J connectivity index is 2.44. The standard InChI is InChI=1S/C20H21F4NO7S/c1-19(2,3)31-18(26)25-14-7-6-11(8-13(14)21)12-9-16(30-5)17(10-15(12)29-4)32-33(27,28)20(22,23)24/h6-10H,1-5H3,(H,25,26). The Morgan fingerprint density at radius 3 is 2.03 bits per heavy atom. The fraction of sp³-hybridized carbons (Fsp3) is 0.350. The summed E-state index contributed by atoms with van der Waals surface area (Å²) < 4.78 is 94.6. The summed E-state index contributed by atoms with van der Waals surface area (Å²) >= 11 is 0. The highest BCUT2D eigenvalue weighted by molar-refractivity contribution is 7.88. The fourth-order valence-corrected chi connectivity index (χ4v) is 2.98. The van der Waals surface area contributed by atoms with Crippen molar-refractivity contribution in [2.75, 3.05) is 19.5 Å². The number of hydrogen-bond donors (Lipinski definition) is 1. The van der Waals surface area contributed by atoms with Crippen molar-refractivity contribution in [3.05, 3.63) is 36.1 Å². The van der Waals surface area contributed by atoms with E-state index in [2.05, 4.69) is 9.50 Å². The van der Waals surface area contributed by atoms with Crippen LogP contribution in [0.4, 0.5) is 28.0 Å². The molecule has 0 aliphatic heterocycles. The SMILES string of the molecule is COc1cc(-c2ccc(NC(=O)OC(C)(C)C)c(F)c2)c(OC)cc1OS(=O)(=O)C(F)(F)F. The highest BCUT2D eigenvalue weighted by Gasteiger charge is 2.49. The zero-order valence-electron chi connectivity index (χ0n) is 18.2. The van der Waals surface area contributed by atoms with Crippen LogP contribution in [0.2, 0.25) is 0 Å². The molecule has 0 atom stereocenters. The van der Waals surface area contributed by atoms with Crippen LogP contribution in [0.25, 0.3) is 11.1 Å². The molecule has 0 saturated heterocycles. The van der Waals surface area contributed by atoms with E-state index < -0.39 is 38.9 Å². The molecule has 0 radical (unpaired) electrons. The van der Waals surface area contributed by atoms with E-state index in [1.807, 2.05) is 0 Å². The summed E-state index contributed by atoms with van der Waals surface area (Å²) in [5.74, 6) is -2.14. The molecule has 0 bridgehead atoms. The van der Waals surface area contributed by atoms with Gasteiger partial charge in [-0.25, -0.2) is 9.18 Å². The molecule has 13 heteroatoms. The summed E-state index contributed by atoms with van der Waals surface area (Å²) in [5, 5.41) is 2.26. The topological polar surface area (TPSA) is 100 Å². The number of carbonyl (C=O) groups is 1. The van der Waals surface area contributed by atoms with Gasteiger partial charge in [-0.3, -0.25) is 5.32 Å². The lowest BCUT2D eigenvalue weighted by Gasteiger charge is -2.20. The average Bonchev–Trinajstić information content (AvgIpc) is 2.66. The van der Waals surface area contributed by atoms with Crippen LogP contribution in [-0.2, 0) is 14.9 Å². The number of benzene rings is 2. The molecule has 0 spiro atoms. The van der Waals surface area contributed by atoms with Gasteiger partial charge in [0.1, 0.15) is 17.2 Å². The maximum absolute atomic E-state index is 14.6. The molecule has 1 N–H and O–H groups in total. The second-order valence-electron chi connectivity index (χ2n) is 7.51. The van der Waals surface area contributed by atoms with E-state index in [-0.39, 0.29) is 28.3 Å². The molecule has 2 aromatic carbocycles. The Bertz CT molecular complexity index is 1140. The molecule has 0 aromatic heterocycles. The molecule has 0 heterocycles. The van der Waals surface area contributed by atoms with Crippen molar-refractivity contribution < 1.29 is 49.2 Å². The van der Waals surface area contributed by atoms with Crippen LogP contribution in [0.15, 0.2) is 30.3 Å². The van der Waals surface area contributed by atoms with Gasteiger partial charge in [0.05, 0.1) is 19.9 Å². The van der Waals surface area contributed by atoms with Crippen molar-refractivity contribution in [1.82, 2.24) is 0 Å². The van der Waals surface area contributed by atoms with Crippen LogP contribution >= 0.6 is 0 Å². The van der Waals surface area contributed by atoms with Crippen LogP contribution in [0, 0.1) is 5.82 Å². The van der Waals surface area contributed by atoms with Crippen LogP contribution < -0.4 is 19.0 Å². The first-order valence-electron chi connectivity index (χ1n) is 9.14. The summed E-state index contributed by atoms with van der Waals surface area (Å²) in [4.78, 5) is 11.9. The summed E-state index contributed by atoms with van der Waals surface area (Å²) in [6.45, 7) is 4.91. The van der Waals surface area contributed by atoms with Crippen molar-refractivity contribution in [1.29, 1.82) is 0 Å². The zero-order valence-corrected chi connectivity index (χ0v) is 19.0. The minimum Gasteiger partial charge on any atom is -0.496 e. The van der Waals surface area contributed by atoms with E-state index in [0.717, 1.165) is 25.3 Å². The third kappa shape index (κ3) is 6.40. The quantitative estimate of drug-likeness (QED) is 0.339. The lowest BCUT2D eigenvalue weighted by atomic mass is 10.0. The van der Waals surface area contributed by atoms with Gasteiger partial charge in [-0.15, -0.1) is 0 Å². The number of halogens is 4. The van der Waals surface area contributed by atoms with E-state index in [0.29, 0.717) is 0 Å². The monoisotopic (exact) mass is 495 g/mol. The van der Waals surface area contributed by atoms with E-state index in [1.165, 1.54) is 19.2 Å². The minimum absolute atomic E-state index is 0.129. The Morgan fingerprint density at radius 1 is 0.939 bits per heavy atom. The largest absolute Gasteiger partial charge is 0.534 e. The maximum atomic E-state index is 14.6.